The van der Waals surface area contributed by atoms with Crippen LogP contribution in [0.4, 0.5) is 23.7 Å². The molecule has 2 amide bonds. The molecule has 1 aliphatic heterocycles. The van der Waals surface area contributed by atoms with Gasteiger partial charge in [-0.2, -0.15) is 13.2 Å². The van der Waals surface area contributed by atoms with Crippen LogP contribution in [0.15, 0.2) is 42.5 Å². The molecule has 154 valence electrons. The van der Waals surface area contributed by atoms with E-state index in [-0.39, 0.29) is 23.9 Å². The number of amides is 2. The molecule has 4 nitrogen and oxygen atoms in total. The summed E-state index contributed by atoms with van der Waals surface area (Å²) in [6.45, 7) is 4.51. The topological polar surface area (TPSA) is 49.4 Å². The van der Waals surface area contributed by atoms with Gasteiger partial charge in [0.2, 0.25) is 0 Å². The molecule has 0 aliphatic carbocycles. The third-order valence-corrected chi connectivity index (χ3v) is 5.19. The van der Waals surface area contributed by atoms with Gasteiger partial charge < -0.3 is 10.2 Å². The molecular formula is C22H23F3N2O2. The van der Waals surface area contributed by atoms with E-state index in [1.807, 2.05) is 32.0 Å². The van der Waals surface area contributed by atoms with E-state index in [9.17, 15) is 22.8 Å². The van der Waals surface area contributed by atoms with Gasteiger partial charge in [-0.05, 0) is 56.0 Å². The molecule has 2 aromatic carbocycles. The summed E-state index contributed by atoms with van der Waals surface area (Å²) in [5.74, 6) is -0.878. The van der Waals surface area contributed by atoms with Crippen LogP contribution in [0, 0.1) is 19.8 Å². The van der Waals surface area contributed by atoms with Gasteiger partial charge in [-0.25, -0.2) is 4.79 Å². The number of Topliss-reactive ketones (excluding diaryl/α,β-unsaturated/α-hetero) is 1. The Labute approximate surface area is 167 Å². The van der Waals surface area contributed by atoms with Crippen LogP contribution in [0.25, 0.3) is 0 Å². The zero-order valence-corrected chi connectivity index (χ0v) is 16.3. The Morgan fingerprint density at radius 2 is 1.86 bits per heavy atom. The molecule has 1 saturated heterocycles. The molecule has 1 fully saturated rings. The van der Waals surface area contributed by atoms with Gasteiger partial charge in [0.15, 0.2) is 5.78 Å². The number of ketones is 1. The number of halogens is 3. The molecule has 3 rings (SSSR count). The molecule has 0 spiro atoms. The Balaban J connectivity index is 1.71. The lowest BCUT2D eigenvalue weighted by molar-refractivity contribution is -0.137. The van der Waals surface area contributed by atoms with Gasteiger partial charge in [0.05, 0.1) is 5.56 Å². The van der Waals surface area contributed by atoms with E-state index in [1.54, 1.807) is 4.90 Å². The molecule has 1 heterocycles. The maximum Gasteiger partial charge on any atom is 0.416 e. The third kappa shape index (κ3) is 4.96. The van der Waals surface area contributed by atoms with Crippen molar-refractivity contribution in [3.63, 3.8) is 0 Å². The van der Waals surface area contributed by atoms with Crippen molar-refractivity contribution in [3.05, 3.63) is 64.7 Å². The minimum Gasteiger partial charge on any atom is -0.324 e. The molecule has 7 heteroatoms. The molecule has 1 N–H and O–H groups in total. The molecule has 0 unspecified atom stereocenters. The summed E-state index contributed by atoms with van der Waals surface area (Å²) in [5.41, 5.74) is 1.84. The van der Waals surface area contributed by atoms with Crippen molar-refractivity contribution in [1.29, 1.82) is 0 Å². The Morgan fingerprint density at radius 3 is 2.59 bits per heavy atom. The molecule has 0 saturated carbocycles. The normalized spacial score (nSPS) is 17.1. The number of hydrogen-bond donors (Lipinski definition) is 1. The third-order valence-electron chi connectivity index (χ3n) is 5.19. The van der Waals surface area contributed by atoms with Crippen LogP contribution >= 0.6 is 0 Å². The largest absolute Gasteiger partial charge is 0.416 e. The number of nitrogens with one attached hydrogen (secondary N) is 1. The maximum absolute atomic E-state index is 12.9. The standard InChI is InChI=1S/C22H23F3N2O2/c1-14-8-9-15(2)19(11-14)26-21(29)27-10-4-6-17(13-27)20(28)16-5-3-7-18(12-16)22(23,24)25/h3,5,7-9,11-12,17H,4,6,10,13H2,1-2H3,(H,26,29)/t17-/m1/s1. The number of urea groups is 1. The fourth-order valence-corrected chi connectivity index (χ4v) is 3.52. The van der Waals surface area contributed by atoms with Crippen molar-refractivity contribution in [2.45, 2.75) is 32.9 Å². The summed E-state index contributed by atoms with van der Waals surface area (Å²) in [4.78, 5) is 27.0. The predicted molar refractivity (Wildman–Crippen MR) is 105 cm³/mol. The summed E-state index contributed by atoms with van der Waals surface area (Å²) in [7, 11) is 0. The van der Waals surface area contributed by atoms with Crippen molar-refractivity contribution in [2.24, 2.45) is 5.92 Å². The smallest absolute Gasteiger partial charge is 0.324 e. The van der Waals surface area contributed by atoms with Crippen LogP contribution in [-0.4, -0.2) is 29.8 Å². The van der Waals surface area contributed by atoms with Crippen LogP contribution in [0.2, 0.25) is 0 Å². The molecule has 1 aliphatic rings. The van der Waals surface area contributed by atoms with Crippen molar-refractivity contribution in [1.82, 2.24) is 4.90 Å². The number of aryl methyl sites for hydroxylation is 2. The van der Waals surface area contributed by atoms with Crippen LogP contribution in [0.1, 0.15) is 39.9 Å². The predicted octanol–water partition coefficient (Wildman–Crippen LogP) is 5.45. The van der Waals surface area contributed by atoms with E-state index >= 15 is 0 Å². The minimum absolute atomic E-state index is 0.0293. The monoisotopic (exact) mass is 404 g/mol. The summed E-state index contributed by atoms with van der Waals surface area (Å²) >= 11 is 0. The van der Waals surface area contributed by atoms with Gasteiger partial charge in [0, 0.05) is 30.3 Å². The first-order valence-electron chi connectivity index (χ1n) is 9.50. The average molecular weight is 404 g/mol. The van der Waals surface area contributed by atoms with Gasteiger partial charge in [0.1, 0.15) is 0 Å². The summed E-state index contributed by atoms with van der Waals surface area (Å²) in [6.07, 6.45) is -3.33. The number of carbonyl (C=O) groups excluding carboxylic acids is 2. The molecule has 0 aromatic heterocycles. The highest BCUT2D eigenvalue weighted by atomic mass is 19.4. The molecule has 0 radical (unpaired) electrons. The lowest BCUT2D eigenvalue weighted by atomic mass is 9.89. The van der Waals surface area contributed by atoms with Crippen LogP contribution in [-0.2, 0) is 6.18 Å². The van der Waals surface area contributed by atoms with E-state index in [4.69, 9.17) is 0 Å². The lowest BCUT2D eigenvalue weighted by Crippen LogP contribution is -2.44. The van der Waals surface area contributed by atoms with Gasteiger partial charge in [-0.1, -0.05) is 24.3 Å². The maximum atomic E-state index is 12.9. The van der Waals surface area contributed by atoms with E-state index in [1.165, 1.54) is 12.1 Å². The molecule has 29 heavy (non-hydrogen) atoms. The Bertz CT molecular complexity index is 925. The highest BCUT2D eigenvalue weighted by molar-refractivity contribution is 5.99. The molecule has 1 atom stereocenters. The van der Waals surface area contributed by atoms with Crippen LogP contribution in [0.3, 0.4) is 0 Å². The fourth-order valence-electron chi connectivity index (χ4n) is 3.52. The van der Waals surface area contributed by atoms with Crippen LogP contribution < -0.4 is 5.32 Å². The zero-order valence-electron chi connectivity index (χ0n) is 16.3. The van der Waals surface area contributed by atoms with Crippen molar-refractivity contribution < 1.29 is 22.8 Å². The summed E-state index contributed by atoms with van der Waals surface area (Å²) < 4.78 is 38.8. The number of piperidine rings is 1. The van der Waals surface area contributed by atoms with Gasteiger partial charge >= 0.3 is 12.2 Å². The van der Waals surface area contributed by atoms with Gasteiger partial charge in [-0.15, -0.1) is 0 Å². The zero-order chi connectivity index (χ0) is 21.2. The Kier molecular flexibility index (Phi) is 5.96. The number of anilines is 1. The van der Waals surface area contributed by atoms with E-state index in [0.29, 0.717) is 25.1 Å². The minimum atomic E-state index is -4.50. The SMILES string of the molecule is Cc1ccc(C)c(NC(=O)N2CCC[C@@H](C(=O)c3cccc(C(F)(F)F)c3)C2)c1. The highest BCUT2D eigenvalue weighted by Gasteiger charge is 2.33. The first-order chi connectivity index (χ1) is 13.6. The number of rotatable bonds is 3. The number of nitrogens with zero attached hydrogens (tertiary/aromatic N) is 1. The van der Waals surface area contributed by atoms with Crippen molar-refractivity contribution in [3.8, 4) is 0 Å². The number of carbonyl (C=O) groups is 2. The number of hydrogen-bond acceptors (Lipinski definition) is 2. The Morgan fingerprint density at radius 1 is 1.10 bits per heavy atom. The second-order valence-corrected chi connectivity index (χ2v) is 7.48. The van der Waals surface area contributed by atoms with E-state index < -0.39 is 17.7 Å². The second kappa shape index (κ2) is 8.27. The Hall–Kier alpha value is -2.83. The number of likely N-dealkylation sites (tertiary alicyclic amines) is 1. The molecule has 0 bridgehead atoms. The first kappa shape index (κ1) is 20.9. The summed E-state index contributed by atoms with van der Waals surface area (Å²) in [6, 6.07) is 9.91. The molecular weight excluding hydrogens is 381 g/mol. The number of benzene rings is 2. The molecule has 2 aromatic rings. The van der Waals surface area contributed by atoms with Crippen LogP contribution in [0.5, 0.6) is 0 Å². The highest BCUT2D eigenvalue weighted by Crippen LogP contribution is 2.31. The quantitative estimate of drug-likeness (QED) is 0.692. The number of alkyl halides is 3. The first-order valence-corrected chi connectivity index (χ1v) is 9.50. The van der Waals surface area contributed by atoms with Crippen molar-refractivity contribution in [2.75, 3.05) is 18.4 Å². The van der Waals surface area contributed by atoms with E-state index in [0.717, 1.165) is 23.3 Å². The van der Waals surface area contributed by atoms with Crippen molar-refractivity contribution >= 4 is 17.5 Å². The summed E-state index contributed by atoms with van der Waals surface area (Å²) in [5, 5.41) is 2.88. The van der Waals surface area contributed by atoms with E-state index in [2.05, 4.69) is 5.32 Å². The lowest BCUT2D eigenvalue weighted by Gasteiger charge is -2.32. The second-order valence-electron chi connectivity index (χ2n) is 7.48. The average Bonchev–Trinajstić information content (AvgIpc) is 2.69. The van der Waals surface area contributed by atoms with Gasteiger partial charge in [-0.3, -0.25) is 4.79 Å². The fraction of sp³-hybridized carbons (Fsp3) is 0.364. The van der Waals surface area contributed by atoms with Gasteiger partial charge in [0.25, 0.3) is 0 Å².